The third-order valence-electron chi connectivity index (χ3n) is 5.12. The van der Waals surface area contributed by atoms with E-state index in [1.54, 1.807) is 22.3 Å². The smallest absolute Gasteiger partial charge is 0.119 e. The van der Waals surface area contributed by atoms with Crippen LogP contribution in [-0.4, -0.2) is 18.1 Å². The highest BCUT2D eigenvalue weighted by Gasteiger charge is 2.42. The molecular weight excluding hydrogens is 230 g/mol. The molecule has 0 saturated carbocycles. The molecule has 0 radical (unpaired) electrons. The van der Waals surface area contributed by atoms with E-state index in [0.717, 1.165) is 0 Å². The molecule has 0 fully saturated rings. The summed E-state index contributed by atoms with van der Waals surface area (Å²) in [5.74, 6) is 0. The molecule has 0 N–H and O–H groups in total. The van der Waals surface area contributed by atoms with Crippen LogP contribution >= 0.6 is 0 Å². The van der Waals surface area contributed by atoms with Crippen molar-refractivity contribution < 1.29 is 4.48 Å². The summed E-state index contributed by atoms with van der Waals surface area (Å²) in [6.07, 6.45) is 2.43. The van der Waals surface area contributed by atoms with E-state index < -0.39 is 0 Å². The van der Waals surface area contributed by atoms with Crippen molar-refractivity contribution >= 4 is 0 Å². The van der Waals surface area contributed by atoms with E-state index in [4.69, 9.17) is 0 Å². The normalized spacial score (nSPS) is 28.2. The number of quaternary nitrogens is 1. The number of hydrogen-bond acceptors (Lipinski definition) is 0. The van der Waals surface area contributed by atoms with E-state index in [1.807, 2.05) is 0 Å². The monoisotopic (exact) mass is 250 g/mol. The van der Waals surface area contributed by atoms with Crippen LogP contribution in [0.1, 0.15) is 28.3 Å². The molecular formula is C18H20N+. The molecule has 2 atom stereocenters. The summed E-state index contributed by atoms with van der Waals surface area (Å²) in [6.45, 7) is 2.46. The molecule has 0 aromatic heterocycles. The lowest BCUT2D eigenvalue weighted by molar-refractivity contribution is -0.956. The van der Waals surface area contributed by atoms with Crippen LogP contribution in [0.25, 0.3) is 0 Å². The molecule has 0 amide bonds. The summed E-state index contributed by atoms with van der Waals surface area (Å²) < 4.78 is 1.19. The number of hydrogen-bond donors (Lipinski definition) is 0. The van der Waals surface area contributed by atoms with Crippen molar-refractivity contribution in [2.45, 2.75) is 25.4 Å². The van der Waals surface area contributed by atoms with Crippen LogP contribution in [0.5, 0.6) is 0 Å². The van der Waals surface area contributed by atoms with Gasteiger partial charge in [-0.15, -0.1) is 0 Å². The summed E-state index contributed by atoms with van der Waals surface area (Å²) in [5, 5.41) is 0. The van der Waals surface area contributed by atoms with Gasteiger partial charge in [-0.1, -0.05) is 48.5 Å². The standard InChI is InChI=1S/C18H20N/c1-19-11-10-14-6-4-5-9-17(14)18(19)12-15-7-2-3-8-16(15)13-19/h2-9,18H,10-13H2,1H3/q+1/t18-,19-/m1/s1. The van der Waals surface area contributed by atoms with Gasteiger partial charge in [0.25, 0.3) is 0 Å². The van der Waals surface area contributed by atoms with Crippen LogP contribution < -0.4 is 0 Å². The van der Waals surface area contributed by atoms with Crippen molar-refractivity contribution in [3.05, 3.63) is 70.8 Å². The van der Waals surface area contributed by atoms with Crippen LogP contribution in [0.15, 0.2) is 48.5 Å². The first kappa shape index (κ1) is 11.2. The fraction of sp³-hybridized carbons (Fsp3) is 0.333. The summed E-state index contributed by atoms with van der Waals surface area (Å²) in [4.78, 5) is 0. The minimum atomic E-state index is 0.653. The van der Waals surface area contributed by atoms with Crippen molar-refractivity contribution in [1.82, 2.24) is 0 Å². The molecule has 1 nitrogen and oxygen atoms in total. The Bertz CT molecular complexity index is 631. The lowest BCUT2D eigenvalue weighted by Crippen LogP contribution is -2.53. The van der Waals surface area contributed by atoms with Crippen LogP contribution in [0.4, 0.5) is 0 Å². The van der Waals surface area contributed by atoms with Gasteiger partial charge >= 0.3 is 0 Å². The number of rotatable bonds is 0. The molecule has 2 aromatic carbocycles. The lowest BCUT2D eigenvalue weighted by Gasteiger charge is -2.48. The Balaban J connectivity index is 1.85. The highest BCUT2D eigenvalue weighted by atomic mass is 15.4. The molecule has 2 aromatic rings. The second-order valence-corrected chi connectivity index (χ2v) is 6.30. The third kappa shape index (κ3) is 1.65. The first-order valence-corrected chi connectivity index (χ1v) is 7.25. The number of fused-ring (bicyclic) bond motifs is 4. The Morgan fingerprint density at radius 3 is 2.42 bits per heavy atom. The van der Waals surface area contributed by atoms with Gasteiger partial charge in [-0.3, -0.25) is 0 Å². The van der Waals surface area contributed by atoms with Crippen molar-refractivity contribution in [2.24, 2.45) is 0 Å². The van der Waals surface area contributed by atoms with E-state index >= 15 is 0 Å². The van der Waals surface area contributed by atoms with E-state index in [9.17, 15) is 0 Å². The fourth-order valence-corrected chi connectivity index (χ4v) is 3.98. The molecule has 0 spiro atoms. The first-order chi connectivity index (χ1) is 9.26. The number of benzene rings is 2. The second-order valence-electron chi connectivity index (χ2n) is 6.30. The largest absolute Gasteiger partial charge is 0.316 e. The summed E-state index contributed by atoms with van der Waals surface area (Å²) >= 11 is 0. The molecule has 2 aliphatic rings. The highest BCUT2D eigenvalue weighted by molar-refractivity contribution is 5.36. The Morgan fingerprint density at radius 1 is 0.895 bits per heavy atom. The van der Waals surface area contributed by atoms with E-state index in [2.05, 4.69) is 55.6 Å². The number of nitrogens with zero attached hydrogens (tertiary/aromatic N) is 1. The zero-order valence-electron chi connectivity index (χ0n) is 11.5. The average Bonchev–Trinajstić information content (AvgIpc) is 2.45. The molecule has 19 heavy (non-hydrogen) atoms. The Labute approximate surface area is 115 Å². The van der Waals surface area contributed by atoms with Crippen LogP contribution in [0, 0.1) is 0 Å². The molecule has 0 aliphatic carbocycles. The maximum Gasteiger partial charge on any atom is 0.119 e. The van der Waals surface area contributed by atoms with Crippen LogP contribution in [0.3, 0.4) is 0 Å². The zero-order chi connectivity index (χ0) is 12.9. The van der Waals surface area contributed by atoms with E-state index in [1.165, 1.54) is 30.4 Å². The second kappa shape index (κ2) is 3.94. The quantitative estimate of drug-likeness (QED) is 0.628. The van der Waals surface area contributed by atoms with Gasteiger partial charge in [0.1, 0.15) is 12.6 Å². The minimum absolute atomic E-state index is 0.653. The van der Waals surface area contributed by atoms with Crippen molar-refractivity contribution in [1.29, 1.82) is 0 Å². The maximum atomic E-state index is 2.44. The molecule has 4 rings (SSSR count). The van der Waals surface area contributed by atoms with Crippen LogP contribution in [0.2, 0.25) is 0 Å². The topological polar surface area (TPSA) is 0 Å². The van der Waals surface area contributed by atoms with Crippen molar-refractivity contribution in [3.8, 4) is 0 Å². The summed E-state index contributed by atoms with van der Waals surface area (Å²) in [6, 6.07) is 18.7. The van der Waals surface area contributed by atoms with Gasteiger partial charge in [0.2, 0.25) is 0 Å². The summed E-state index contributed by atoms with van der Waals surface area (Å²) in [5.41, 5.74) is 6.27. The highest BCUT2D eigenvalue weighted by Crippen LogP contribution is 2.42. The first-order valence-electron chi connectivity index (χ1n) is 7.25. The molecule has 0 saturated heterocycles. The molecule has 0 bridgehead atoms. The lowest BCUT2D eigenvalue weighted by atomic mass is 9.82. The van der Waals surface area contributed by atoms with Crippen molar-refractivity contribution in [2.75, 3.05) is 13.6 Å². The fourth-order valence-electron chi connectivity index (χ4n) is 3.98. The third-order valence-corrected chi connectivity index (χ3v) is 5.12. The van der Waals surface area contributed by atoms with E-state index in [-0.39, 0.29) is 0 Å². The van der Waals surface area contributed by atoms with E-state index in [0.29, 0.717) is 6.04 Å². The summed E-state index contributed by atoms with van der Waals surface area (Å²) in [7, 11) is 2.44. The molecule has 96 valence electrons. The Hall–Kier alpha value is -1.60. The van der Waals surface area contributed by atoms with Crippen molar-refractivity contribution in [3.63, 3.8) is 0 Å². The van der Waals surface area contributed by atoms with Crippen LogP contribution in [-0.2, 0) is 19.4 Å². The zero-order valence-corrected chi connectivity index (χ0v) is 11.5. The molecule has 2 aliphatic heterocycles. The van der Waals surface area contributed by atoms with Gasteiger partial charge in [0.15, 0.2) is 0 Å². The molecule has 2 heterocycles. The molecule has 1 heteroatoms. The number of likely N-dealkylation sites (N-methyl/N-ethyl adjacent to an activating group) is 1. The van der Waals surface area contributed by atoms with Gasteiger partial charge < -0.3 is 4.48 Å². The Morgan fingerprint density at radius 2 is 1.58 bits per heavy atom. The van der Waals surface area contributed by atoms with Gasteiger partial charge in [-0.25, -0.2) is 0 Å². The predicted octanol–water partition coefficient (Wildman–Crippen LogP) is 3.49. The average molecular weight is 250 g/mol. The maximum absolute atomic E-state index is 2.44. The van der Waals surface area contributed by atoms with Gasteiger partial charge in [0.05, 0.1) is 13.6 Å². The predicted molar refractivity (Wildman–Crippen MR) is 77.8 cm³/mol. The van der Waals surface area contributed by atoms with Gasteiger partial charge in [0, 0.05) is 24.0 Å². The van der Waals surface area contributed by atoms with Gasteiger partial charge in [-0.2, -0.15) is 0 Å². The minimum Gasteiger partial charge on any atom is -0.316 e. The molecule has 0 unspecified atom stereocenters. The SMILES string of the molecule is C[N@+]12CCc3ccccc3[C@H]1Cc1ccccc1C2. The van der Waals surface area contributed by atoms with Gasteiger partial charge in [-0.05, 0) is 11.1 Å². The Kier molecular flexibility index (Phi) is 2.33.